The van der Waals surface area contributed by atoms with E-state index in [0.29, 0.717) is 52.1 Å². The number of amides is 2. The predicted octanol–water partition coefficient (Wildman–Crippen LogP) is -0.825. The van der Waals surface area contributed by atoms with Crippen LogP contribution in [0.25, 0.3) is 0 Å². The number of hydrogen-bond donors (Lipinski definition) is 2. The van der Waals surface area contributed by atoms with E-state index < -0.39 is 35.6 Å². The number of carbonyl (C=O) groups excluding carboxylic acids is 2. The maximum Gasteiger partial charge on any atom is 0.310 e. The van der Waals surface area contributed by atoms with E-state index in [0.717, 1.165) is 13.1 Å². The van der Waals surface area contributed by atoms with Crippen molar-refractivity contribution in [2.24, 2.45) is 11.8 Å². The fraction of sp³-hybridized carbons (Fsp3) is 0.773. The highest BCUT2D eigenvalue weighted by Gasteiger charge is 2.74. The number of morpholine rings is 1. The van der Waals surface area contributed by atoms with Crippen molar-refractivity contribution in [2.75, 3.05) is 59.1 Å². The lowest BCUT2D eigenvalue weighted by atomic mass is 9.70. The summed E-state index contributed by atoms with van der Waals surface area (Å²) in [6.45, 7) is 8.26. The van der Waals surface area contributed by atoms with Crippen molar-refractivity contribution in [2.45, 2.75) is 37.0 Å². The number of aliphatic hydroxyl groups excluding tert-OH is 1. The van der Waals surface area contributed by atoms with Gasteiger partial charge < -0.3 is 29.5 Å². The second-order valence-corrected chi connectivity index (χ2v) is 9.03. The number of hydrogen-bond acceptors (Lipinski definition) is 7. The highest BCUT2D eigenvalue weighted by atomic mass is 16.5. The third-order valence-electron chi connectivity index (χ3n) is 7.33. The molecule has 10 nitrogen and oxygen atoms in total. The van der Waals surface area contributed by atoms with Crippen LogP contribution in [-0.4, -0.2) is 120 Å². The van der Waals surface area contributed by atoms with Gasteiger partial charge in [0.1, 0.15) is 11.6 Å². The quantitative estimate of drug-likeness (QED) is 0.413. The molecule has 2 bridgehead atoms. The Kier molecular flexibility index (Phi) is 6.85. The van der Waals surface area contributed by atoms with Gasteiger partial charge in [0, 0.05) is 45.9 Å². The minimum absolute atomic E-state index is 0.123. The zero-order chi connectivity index (χ0) is 22.9. The summed E-state index contributed by atoms with van der Waals surface area (Å²) in [6, 6.07) is -0.884. The molecular weight excluding hydrogens is 418 g/mol. The van der Waals surface area contributed by atoms with Gasteiger partial charge in [0.05, 0.1) is 31.2 Å². The molecule has 2 N–H and O–H groups in total. The van der Waals surface area contributed by atoms with E-state index in [4.69, 9.17) is 9.47 Å². The number of fused-ring (bicyclic) bond motifs is 1. The van der Waals surface area contributed by atoms with Crippen molar-refractivity contribution >= 4 is 17.8 Å². The predicted molar refractivity (Wildman–Crippen MR) is 113 cm³/mol. The number of rotatable bonds is 10. The molecule has 10 heteroatoms. The van der Waals surface area contributed by atoms with Crippen LogP contribution in [0.4, 0.5) is 0 Å². The van der Waals surface area contributed by atoms with Gasteiger partial charge in [-0.2, -0.15) is 0 Å². The molecule has 2 amide bonds. The summed E-state index contributed by atoms with van der Waals surface area (Å²) < 4.78 is 11.6. The molecule has 4 heterocycles. The summed E-state index contributed by atoms with van der Waals surface area (Å²) in [5.41, 5.74) is -1.12. The van der Waals surface area contributed by atoms with E-state index >= 15 is 0 Å². The van der Waals surface area contributed by atoms with E-state index in [-0.39, 0.29) is 25.0 Å². The second-order valence-electron chi connectivity index (χ2n) is 9.03. The van der Waals surface area contributed by atoms with E-state index in [1.54, 1.807) is 11.0 Å². The molecule has 0 radical (unpaired) electrons. The standard InChI is InChI=1S/C22H33N3O7/c1-2-6-24(9-8-23-10-13-31-14-11-23)20(28)18-22-5-4-15(32-22)16(21(29)30)17(22)19(27)25(18)7-3-12-26/h2,15-18,26H,1,3-14H2,(H,29,30)/t15-,16+,17-,18?,22?/m0/s1. The Labute approximate surface area is 187 Å². The van der Waals surface area contributed by atoms with E-state index in [2.05, 4.69) is 11.5 Å². The van der Waals surface area contributed by atoms with Crippen molar-refractivity contribution in [1.29, 1.82) is 0 Å². The van der Waals surface area contributed by atoms with E-state index in [1.165, 1.54) is 4.90 Å². The molecule has 4 aliphatic rings. The summed E-state index contributed by atoms with van der Waals surface area (Å²) in [5.74, 6) is -3.44. The summed E-state index contributed by atoms with van der Waals surface area (Å²) in [4.78, 5) is 44.6. The smallest absolute Gasteiger partial charge is 0.310 e. The van der Waals surface area contributed by atoms with Crippen molar-refractivity contribution < 1.29 is 34.1 Å². The van der Waals surface area contributed by atoms with Crippen LogP contribution < -0.4 is 0 Å². The number of carbonyl (C=O) groups is 3. The van der Waals surface area contributed by atoms with Crippen molar-refractivity contribution in [1.82, 2.24) is 14.7 Å². The molecule has 4 rings (SSSR count). The van der Waals surface area contributed by atoms with E-state index in [9.17, 15) is 24.6 Å². The van der Waals surface area contributed by atoms with Gasteiger partial charge in [0.15, 0.2) is 0 Å². The molecule has 4 aliphatic heterocycles. The van der Waals surface area contributed by atoms with Gasteiger partial charge in [-0.3, -0.25) is 19.3 Å². The zero-order valence-corrected chi connectivity index (χ0v) is 18.4. The van der Waals surface area contributed by atoms with Crippen molar-refractivity contribution in [3.8, 4) is 0 Å². The molecule has 0 aromatic heterocycles. The molecule has 4 saturated heterocycles. The Morgan fingerprint density at radius 3 is 2.69 bits per heavy atom. The van der Waals surface area contributed by atoms with Gasteiger partial charge in [-0.05, 0) is 19.3 Å². The van der Waals surface area contributed by atoms with Gasteiger partial charge in [-0.15, -0.1) is 6.58 Å². The topological polar surface area (TPSA) is 120 Å². The van der Waals surface area contributed by atoms with Crippen LogP contribution in [-0.2, 0) is 23.9 Å². The number of aliphatic carboxylic acids is 1. The summed E-state index contributed by atoms with van der Waals surface area (Å²) in [6.07, 6.45) is 2.43. The number of likely N-dealkylation sites (tertiary alicyclic amines) is 1. The van der Waals surface area contributed by atoms with Crippen LogP contribution in [0.15, 0.2) is 12.7 Å². The molecular formula is C22H33N3O7. The van der Waals surface area contributed by atoms with Crippen molar-refractivity contribution in [3.63, 3.8) is 0 Å². The van der Waals surface area contributed by atoms with Gasteiger partial charge in [0.2, 0.25) is 11.8 Å². The van der Waals surface area contributed by atoms with E-state index in [1.807, 2.05) is 0 Å². The average Bonchev–Trinajstić information content (AvgIpc) is 3.43. The summed E-state index contributed by atoms with van der Waals surface area (Å²) in [5, 5.41) is 19.1. The fourth-order valence-electron chi connectivity index (χ4n) is 5.90. The first-order valence-electron chi connectivity index (χ1n) is 11.5. The number of nitrogens with zero attached hydrogens (tertiary/aromatic N) is 3. The zero-order valence-electron chi connectivity index (χ0n) is 18.4. The fourth-order valence-corrected chi connectivity index (χ4v) is 5.90. The first kappa shape index (κ1) is 23.2. The first-order valence-corrected chi connectivity index (χ1v) is 11.5. The van der Waals surface area contributed by atoms with Gasteiger partial charge in [-0.1, -0.05) is 6.08 Å². The summed E-state index contributed by atoms with van der Waals surface area (Å²) in [7, 11) is 0. The number of carboxylic acid groups (broad SMARTS) is 1. The Bertz CT molecular complexity index is 756. The average molecular weight is 452 g/mol. The largest absolute Gasteiger partial charge is 0.481 e. The Hall–Kier alpha value is -2.01. The lowest BCUT2D eigenvalue weighted by Crippen LogP contribution is -2.57. The third kappa shape index (κ3) is 3.83. The lowest BCUT2D eigenvalue weighted by Gasteiger charge is -2.37. The first-order chi connectivity index (χ1) is 15.4. The Morgan fingerprint density at radius 1 is 1.28 bits per heavy atom. The molecule has 178 valence electrons. The number of ether oxygens (including phenoxy) is 2. The molecule has 0 aromatic rings. The maximum atomic E-state index is 13.9. The third-order valence-corrected chi connectivity index (χ3v) is 7.33. The normalized spacial score (nSPS) is 34.0. The minimum atomic E-state index is -1.12. The lowest BCUT2D eigenvalue weighted by molar-refractivity contribution is -0.151. The highest BCUT2D eigenvalue weighted by molar-refractivity contribution is 5.98. The highest BCUT2D eigenvalue weighted by Crippen LogP contribution is 2.58. The SMILES string of the molecule is C=CCN(CCN1CCOCC1)C(=O)C1N(CCCO)C(=O)[C@@H]2[C@H](C(=O)O)[C@@H]3CCC12O3. The molecule has 0 saturated carbocycles. The second kappa shape index (κ2) is 9.46. The van der Waals surface area contributed by atoms with Crippen LogP contribution in [0, 0.1) is 11.8 Å². The Morgan fingerprint density at radius 2 is 2.03 bits per heavy atom. The van der Waals surface area contributed by atoms with Crippen LogP contribution >= 0.6 is 0 Å². The molecule has 5 atom stereocenters. The monoisotopic (exact) mass is 451 g/mol. The molecule has 32 heavy (non-hydrogen) atoms. The van der Waals surface area contributed by atoms with Crippen LogP contribution in [0.5, 0.6) is 0 Å². The number of carboxylic acids is 1. The van der Waals surface area contributed by atoms with Gasteiger partial charge >= 0.3 is 5.97 Å². The van der Waals surface area contributed by atoms with Crippen LogP contribution in [0.2, 0.25) is 0 Å². The molecule has 4 fully saturated rings. The van der Waals surface area contributed by atoms with Crippen LogP contribution in [0.1, 0.15) is 19.3 Å². The minimum Gasteiger partial charge on any atom is -0.481 e. The number of aliphatic hydroxyl groups is 1. The van der Waals surface area contributed by atoms with Crippen molar-refractivity contribution in [3.05, 3.63) is 12.7 Å². The molecule has 0 aromatic carbocycles. The van der Waals surface area contributed by atoms with Crippen LogP contribution in [0.3, 0.4) is 0 Å². The Balaban J connectivity index is 1.60. The molecule has 1 spiro atoms. The molecule has 2 unspecified atom stereocenters. The maximum absolute atomic E-state index is 13.9. The van der Waals surface area contributed by atoms with Gasteiger partial charge in [-0.25, -0.2) is 0 Å². The summed E-state index contributed by atoms with van der Waals surface area (Å²) >= 11 is 0. The molecule has 0 aliphatic carbocycles. The van der Waals surface area contributed by atoms with Gasteiger partial charge in [0.25, 0.3) is 0 Å².